The average molecular weight is 377 g/mol. The minimum atomic E-state index is 0.0404. The molecule has 0 aromatic heterocycles. The first kappa shape index (κ1) is 21.2. The molecule has 3 aliphatic carbocycles. The molecule has 0 aliphatic heterocycles. The monoisotopic (exact) mass is 376 g/mol. The van der Waals surface area contributed by atoms with Gasteiger partial charge in [-0.15, -0.1) is 0 Å². The first-order valence-electron chi connectivity index (χ1n) is 12.4. The van der Waals surface area contributed by atoms with E-state index in [1.807, 2.05) is 0 Å². The number of unbranched alkanes of at least 4 members (excludes halogenated alkanes) is 1. The molecule has 27 heavy (non-hydrogen) atoms. The highest BCUT2D eigenvalue weighted by Crippen LogP contribution is 2.45. The zero-order valence-electron chi connectivity index (χ0n) is 18.1. The molecule has 0 unspecified atom stereocenters. The zero-order chi connectivity index (χ0) is 19.1. The van der Waals surface area contributed by atoms with E-state index < -0.39 is 0 Å². The molecule has 3 rings (SSSR count). The van der Waals surface area contributed by atoms with E-state index in [0.29, 0.717) is 6.42 Å². The van der Waals surface area contributed by atoms with Gasteiger partial charge >= 0.3 is 5.97 Å². The Morgan fingerprint density at radius 3 is 1.59 bits per heavy atom. The van der Waals surface area contributed by atoms with Crippen LogP contribution in [-0.2, 0) is 9.53 Å². The van der Waals surface area contributed by atoms with Gasteiger partial charge in [-0.1, -0.05) is 39.5 Å². The molecule has 156 valence electrons. The molecular weight excluding hydrogens is 332 g/mol. The zero-order valence-corrected chi connectivity index (χ0v) is 18.1. The van der Waals surface area contributed by atoms with Crippen molar-refractivity contribution in [3.05, 3.63) is 0 Å². The molecule has 0 atom stereocenters. The highest BCUT2D eigenvalue weighted by Gasteiger charge is 2.35. The fourth-order valence-electron chi connectivity index (χ4n) is 6.40. The van der Waals surface area contributed by atoms with E-state index in [1.54, 1.807) is 0 Å². The number of carbonyl (C=O) groups excluding carboxylic acids is 1. The molecule has 3 aliphatic rings. The molecule has 0 radical (unpaired) electrons. The van der Waals surface area contributed by atoms with Crippen molar-refractivity contribution >= 4 is 5.97 Å². The Hall–Kier alpha value is -0.530. The van der Waals surface area contributed by atoms with Crippen LogP contribution in [0, 0.1) is 29.6 Å². The minimum absolute atomic E-state index is 0.0404. The Bertz CT molecular complexity index is 422. The van der Waals surface area contributed by atoms with Crippen molar-refractivity contribution in [2.45, 2.75) is 123 Å². The Morgan fingerprint density at radius 2 is 1.15 bits per heavy atom. The molecule has 0 aromatic rings. The summed E-state index contributed by atoms with van der Waals surface area (Å²) in [4.78, 5) is 11.9. The largest absolute Gasteiger partial charge is 0.462 e. The lowest BCUT2D eigenvalue weighted by Crippen LogP contribution is -2.31. The highest BCUT2D eigenvalue weighted by molar-refractivity contribution is 5.69. The van der Waals surface area contributed by atoms with Crippen molar-refractivity contribution in [2.24, 2.45) is 29.6 Å². The summed E-state index contributed by atoms with van der Waals surface area (Å²) in [7, 11) is 0. The fourth-order valence-corrected chi connectivity index (χ4v) is 6.40. The van der Waals surface area contributed by atoms with Crippen LogP contribution in [0.1, 0.15) is 117 Å². The smallest absolute Gasteiger partial charge is 0.306 e. The molecule has 2 heteroatoms. The number of rotatable bonds is 7. The first-order valence-corrected chi connectivity index (χ1v) is 12.4. The van der Waals surface area contributed by atoms with Gasteiger partial charge in [0.2, 0.25) is 0 Å². The molecule has 0 spiro atoms. The average Bonchev–Trinajstić information content (AvgIpc) is 2.73. The third-order valence-electron chi connectivity index (χ3n) is 8.37. The first-order chi connectivity index (χ1) is 13.2. The Labute approximate surface area is 168 Å². The summed E-state index contributed by atoms with van der Waals surface area (Å²) in [6.07, 6.45) is 21.1. The van der Waals surface area contributed by atoms with E-state index in [4.69, 9.17) is 4.74 Å². The summed E-state index contributed by atoms with van der Waals surface area (Å²) < 4.78 is 5.70. The van der Waals surface area contributed by atoms with Gasteiger partial charge in [0, 0.05) is 6.42 Å². The number of carbonyl (C=O) groups is 1. The van der Waals surface area contributed by atoms with Crippen LogP contribution in [0.5, 0.6) is 0 Å². The van der Waals surface area contributed by atoms with Crippen LogP contribution in [0.25, 0.3) is 0 Å². The summed E-state index contributed by atoms with van der Waals surface area (Å²) >= 11 is 0. The summed E-state index contributed by atoms with van der Waals surface area (Å²) in [5, 5.41) is 0. The lowest BCUT2D eigenvalue weighted by Gasteiger charge is -2.41. The van der Waals surface area contributed by atoms with Gasteiger partial charge in [0.15, 0.2) is 0 Å². The predicted octanol–water partition coefficient (Wildman–Crippen LogP) is 7.30. The molecule has 0 N–H and O–H groups in total. The lowest BCUT2D eigenvalue weighted by atomic mass is 9.65. The summed E-state index contributed by atoms with van der Waals surface area (Å²) in [6.45, 7) is 4.50. The second-order valence-corrected chi connectivity index (χ2v) is 9.99. The van der Waals surface area contributed by atoms with E-state index in [2.05, 4.69) is 13.8 Å². The number of esters is 1. The number of hydrogen-bond donors (Lipinski definition) is 0. The number of hydrogen-bond acceptors (Lipinski definition) is 2. The van der Waals surface area contributed by atoms with Gasteiger partial charge in [0.1, 0.15) is 6.10 Å². The Balaban J connectivity index is 1.33. The van der Waals surface area contributed by atoms with Crippen LogP contribution in [0.2, 0.25) is 0 Å². The van der Waals surface area contributed by atoms with E-state index in [0.717, 1.165) is 55.3 Å². The SMILES string of the molecule is CCCCC(=O)O[C@H]1CC[C@H]([C@H]2CC[C@H]([C@H]3CC[C@H](CC)CC3)CC2)CC1. The molecule has 0 saturated heterocycles. The van der Waals surface area contributed by atoms with Crippen molar-refractivity contribution in [3.63, 3.8) is 0 Å². The quantitative estimate of drug-likeness (QED) is 0.436. The third kappa shape index (κ3) is 6.23. The van der Waals surface area contributed by atoms with Crippen molar-refractivity contribution in [1.29, 1.82) is 0 Å². The van der Waals surface area contributed by atoms with Crippen molar-refractivity contribution in [1.82, 2.24) is 0 Å². The van der Waals surface area contributed by atoms with Gasteiger partial charge in [0.05, 0.1) is 0 Å². The van der Waals surface area contributed by atoms with E-state index in [1.165, 1.54) is 70.6 Å². The van der Waals surface area contributed by atoms with Gasteiger partial charge in [-0.2, -0.15) is 0 Å². The summed E-state index contributed by atoms with van der Waals surface area (Å²) in [6, 6.07) is 0. The van der Waals surface area contributed by atoms with E-state index >= 15 is 0 Å². The standard InChI is InChI=1S/C25H44O2/c1-3-5-6-25(26)27-24-17-15-23(16-18-24)22-13-11-21(12-14-22)20-9-7-19(4-2)8-10-20/h19-24H,3-18H2,1-2H3/t19-,20-,21-,22-,23-,24-. The van der Waals surface area contributed by atoms with Gasteiger partial charge in [-0.25, -0.2) is 0 Å². The van der Waals surface area contributed by atoms with E-state index in [9.17, 15) is 4.79 Å². The van der Waals surface area contributed by atoms with Crippen LogP contribution < -0.4 is 0 Å². The van der Waals surface area contributed by atoms with Gasteiger partial charge in [-0.05, 0) is 100 Å². The maximum absolute atomic E-state index is 11.9. The molecule has 0 amide bonds. The predicted molar refractivity (Wildman–Crippen MR) is 113 cm³/mol. The van der Waals surface area contributed by atoms with Gasteiger partial charge in [-0.3, -0.25) is 4.79 Å². The van der Waals surface area contributed by atoms with Gasteiger partial charge in [0.25, 0.3) is 0 Å². The second-order valence-electron chi connectivity index (χ2n) is 9.99. The Morgan fingerprint density at radius 1 is 0.704 bits per heavy atom. The third-order valence-corrected chi connectivity index (χ3v) is 8.37. The lowest BCUT2D eigenvalue weighted by molar-refractivity contribution is -0.151. The van der Waals surface area contributed by atoms with Crippen LogP contribution >= 0.6 is 0 Å². The number of ether oxygens (including phenoxy) is 1. The Kier molecular flexibility index (Phi) is 8.52. The maximum Gasteiger partial charge on any atom is 0.306 e. The molecule has 3 fully saturated rings. The minimum Gasteiger partial charge on any atom is -0.462 e. The van der Waals surface area contributed by atoms with Crippen LogP contribution in [0.15, 0.2) is 0 Å². The fraction of sp³-hybridized carbons (Fsp3) is 0.960. The van der Waals surface area contributed by atoms with Crippen molar-refractivity contribution in [3.8, 4) is 0 Å². The van der Waals surface area contributed by atoms with Crippen LogP contribution in [0.4, 0.5) is 0 Å². The second kappa shape index (κ2) is 10.9. The van der Waals surface area contributed by atoms with Crippen molar-refractivity contribution < 1.29 is 9.53 Å². The van der Waals surface area contributed by atoms with Crippen molar-refractivity contribution in [2.75, 3.05) is 0 Å². The summed E-state index contributed by atoms with van der Waals surface area (Å²) in [5.41, 5.74) is 0. The van der Waals surface area contributed by atoms with Gasteiger partial charge < -0.3 is 4.74 Å². The van der Waals surface area contributed by atoms with Crippen LogP contribution in [-0.4, -0.2) is 12.1 Å². The molecular formula is C25H44O2. The van der Waals surface area contributed by atoms with E-state index in [-0.39, 0.29) is 12.1 Å². The normalized spacial score (nSPS) is 37.7. The molecule has 2 nitrogen and oxygen atoms in total. The molecule has 3 saturated carbocycles. The molecule has 0 heterocycles. The maximum atomic E-state index is 11.9. The highest BCUT2D eigenvalue weighted by atomic mass is 16.5. The molecule has 0 bridgehead atoms. The summed E-state index contributed by atoms with van der Waals surface area (Å²) in [5.74, 6) is 5.03. The topological polar surface area (TPSA) is 26.3 Å². The van der Waals surface area contributed by atoms with Crippen LogP contribution in [0.3, 0.4) is 0 Å². The molecule has 0 aromatic carbocycles.